The third-order valence-electron chi connectivity index (χ3n) is 8.20. The van der Waals surface area contributed by atoms with Crippen molar-refractivity contribution in [2.24, 2.45) is 0 Å². The highest BCUT2D eigenvalue weighted by Crippen LogP contribution is 2.33. The molecule has 57 heavy (non-hydrogen) atoms. The molecule has 4 aromatic carbocycles. The molecular formula is C40H36F3IN6O7. The molecule has 0 radical (unpaired) electrons. The smallest absolute Gasteiger partial charge is 0.416 e. The first-order chi connectivity index (χ1) is 27.1. The highest BCUT2D eigenvalue weighted by atomic mass is 127. The summed E-state index contributed by atoms with van der Waals surface area (Å²) in [6, 6.07) is 25.2. The normalized spacial score (nSPS) is 15.5. The van der Waals surface area contributed by atoms with E-state index in [1.165, 1.54) is 29.3 Å². The first-order valence-corrected chi connectivity index (χ1v) is 18.3. The zero-order valence-electron chi connectivity index (χ0n) is 30.5. The zero-order valence-corrected chi connectivity index (χ0v) is 32.6. The van der Waals surface area contributed by atoms with Gasteiger partial charge in [-0.1, -0.05) is 36.4 Å². The van der Waals surface area contributed by atoms with E-state index in [0.29, 0.717) is 10.7 Å². The third kappa shape index (κ3) is 11.2. The van der Waals surface area contributed by atoms with Crippen molar-refractivity contribution in [3.8, 4) is 5.75 Å². The van der Waals surface area contributed by atoms with Crippen molar-refractivity contribution in [3.05, 3.63) is 128 Å². The van der Waals surface area contributed by atoms with Gasteiger partial charge in [0.15, 0.2) is 6.61 Å². The molecule has 0 saturated carbocycles. The number of anilines is 3. The number of halogens is 4. The van der Waals surface area contributed by atoms with Crippen LogP contribution in [0.4, 0.5) is 30.2 Å². The van der Waals surface area contributed by atoms with Crippen molar-refractivity contribution in [2.45, 2.75) is 12.6 Å². The first kappa shape index (κ1) is 41.9. The van der Waals surface area contributed by atoms with Crippen LogP contribution in [-0.2, 0) is 30.1 Å². The van der Waals surface area contributed by atoms with Crippen LogP contribution in [0.1, 0.15) is 23.1 Å². The highest BCUT2D eigenvalue weighted by Gasteiger charge is 2.37. The van der Waals surface area contributed by atoms with Crippen LogP contribution in [0.15, 0.2) is 108 Å². The van der Waals surface area contributed by atoms with Crippen LogP contribution < -0.4 is 30.9 Å². The Hall–Kier alpha value is -6.21. The number of hydrogen-bond donors (Lipinski definition) is 4. The Morgan fingerprint density at radius 3 is 2.05 bits per heavy atom. The van der Waals surface area contributed by atoms with E-state index in [-0.39, 0.29) is 34.1 Å². The monoisotopic (exact) mass is 896 g/mol. The molecule has 6 rings (SSSR count). The van der Waals surface area contributed by atoms with Crippen molar-refractivity contribution in [3.63, 3.8) is 0 Å². The quantitative estimate of drug-likeness (QED) is 0.0602. The van der Waals surface area contributed by atoms with Crippen molar-refractivity contribution in [2.75, 3.05) is 49.1 Å². The number of carboxylic acids is 1. The van der Waals surface area contributed by atoms with Gasteiger partial charge in [0.25, 0.3) is 23.6 Å². The zero-order chi connectivity index (χ0) is 41.3. The second-order valence-electron chi connectivity index (χ2n) is 12.7. The van der Waals surface area contributed by atoms with Crippen LogP contribution in [0.3, 0.4) is 0 Å². The van der Waals surface area contributed by atoms with Gasteiger partial charge in [-0.15, -0.1) is 0 Å². The van der Waals surface area contributed by atoms with Gasteiger partial charge in [-0.25, -0.2) is 14.8 Å². The molecule has 296 valence electrons. The van der Waals surface area contributed by atoms with Crippen LogP contribution in [0, 0.1) is 3.57 Å². The van der Waals surface area contributed by atoms with Gasteiger partial charge in [0.2, 0.25) is 0 Å². The second-order valence-corrected chi connectivity index (χ2v) is 14.0. The number of aliphatic carboxylic acids is 1. The lowest BCUT2D eigenvalue weighted by Crippen LogP contribution is -2.35. The Bertz CT molecular complexity index is 2210. The minimum atomic E-state index is -4.61. The number of benzene rings is 4. The summed E-state index contributed by atoms with van der Waals surface area (Å²) in [6.07, 6.45) is -0.744. The number of hydrogen-bond acceptors (Lipinski definition) is 8. The number of carbonyl (C=O) groups excluding carboxylic acids is 4. The summed E-state index contributed by atoms with van der Waals surface area (Å²) < 4.78 is 44.9. The molecule has 0 unspecified atom stereocenters. The maximum atomic E-state index is 12.9. The van der Waals surface area contributed by atoms with Gasteiger partial charge in [0.1, 0.15) is 16.9 Å². The molecule has 0 spiro atoms. The van der Waals surface area contributed by atoms with Gasteiger partial charge >= 0.3 is 12.1 Å². The Kier molecular flexibility index (Phi) is 13.7. The number of ether oxygens (including phenoxy) is 1. The van der Waals surface area contributed by atoms with Gasteiger partial charge in [-0.05, 0) is 128 Å². The number of hydrazine groups is 2. The number of carbonyl (C=O) groups is 5. The van der Waals surface area contributed by atoms with Crippen molar-refractivity contribution >= 4 is 81.4 Å². The fourth-order valence-corrected chi connectivity index (χ4v) is 5.77. The number of amides is 4. The Morgan fingerprint density at radius 1 is 0.825 bits per heavy atom. The number of rotatable bonds is 12. The number of alkyl halides is 3. The van der Waals surface area contributed by atoms with Gasteiger partial charge in [0, 0.05) is 21.4 Å². The summed E-state index contributed by atoms with van der Waals surface area (Å²) in [5.41, 5.74) is 6.22. The molecule has 0 aromatic heterocycles. The number of carboxylic acid groups (broad SMARTS) is 1. The van der Waals surface area contributed by atoms with Crippen LogP contribution in [0.2, 0.25) is 0 Å². The fourth-order valence-electron chi connectivity index (χ4n) is 5.41. The highest BCUT2D eigenvalue weighted by molar-refractivity contribution is 14.1. The maximum Gasteiger partial charge on any atom is 0.416 e. The van der Waals surface area contributed by atoms with Crippen LogP contribution in [0.25, 0.3) is 12.2 Å². The van der Waals surface area contributed by atoms with Gasteiger partial charge in [0.05, 0.1) is 16.9 Å². The van der Waals surface area contributed by atoms with Crippen LogP contribution in [0.5, 0.6) is 5.75 Å². The number of nitrogens with zero attached hydrogens (tertiary/aromatic N) is 3. The van der Waals surface area contributed by atoms with Crippen LogP contribution in [-0.4, -0.2) is 73.4 Å². The lowest BCUT2D eigenvalue weighted by atomic mass is 10.1. The molecule has 0 bridgehead atoms. The van der Waals surface area contributed by atoms with E-state index in [2.05, 4.69) is 57.8 Å². The molecule has 2 heterocycles. The maximum absolute atomic E-state index is 12.9. The molecule has 2 saturated heterocycles. The molecule has 13 nitrogen and oxygen atoms in total. The fraction of sp³-hybridized carbons (Fsp3) is 0.175. The van der Waals surface area contributed by atoms with Crippen LogP contribution >= 0.6 is 22.6 Å². The molecule has 2 aliphatic heterocycles. The third-order valence-corrected chi connectivity index (χ3v) is 8.92. The molecule has 2 aliphatic rings. The van der Waals surface area contributed by atoms with E-state index in [1.807, 2.05) is 36.4 Å². The Labute approximate surface area is 338 Å². The summed E-state index contributed by atoms with van der Waals surface area (Å²) in [5, 5.41) is 14.1. The minimum absolute atomic E-state index is 0.125. The predicted molar refractivity (Wildman–Crippen MR) is 215 cm³/mol. The molecule has 2 fully saturated rings. The molecule has 0 aliphatic carbocycles. The number of para-hydroxylation sites is 1. The summed E-state index contributed by atoms with van der Waals surface area (Å²) >= 11 is 2.19. The topological polar surface area (TPSA) is 161 Å². The lowest BCUT2D eigenvalue weighted by molar-refractivity contribution is -0.139. The van der Waals surface area contributed by atoms with E-state index < -0.39 is 42.0 Å². The second kappa shape index (κ2) is 18.6. The Balaban J connectivity index is 0.000000218. The summed E-state index contributed by atoms with van der Waals surface area (Å²) in [5.74, 6) is -3.51. The average Bonchev–Trinajstić information content (AvgIpc) is 3.62. The standard InChI is InChI=1S/C21H23IN4O2.C19H13F3N2O5/c1-25(2)13-3-12-23-17-8-4-15(5-9-17)14-19-20(27)24-26(21(19)28)18-10-6-16(22)7-11-18;20-19(21,22)12-5-3-6-13(9-12)24-18(28)14(17(27)23-24)8-11-4-1-2-7-15(11)29-10-16(25)26/h4-11,14,23H,3,12-13H2,1-2H3,(H,24,27);1-9H,10H2,(H,23,27)(H,25,26). The van der Waals surface area contributed by atoms with Crippen molar-refractivity contribution in [1.29, 1.82) is 0 Å². The van der Waals surface area contributed by atoms with E-state index in [1.54, 1.807) is 30.3 Å². The predicted octanol–water partition coefficient (Wildman–Crippen LogP) is 5.75. The molecule has 4 N–H and O–H groups in total. The molecule has 4 amide bonds. The van der Waals surface area contributed by atoms with E-state index in [4.69, 9.17) is 9.84 Å². The first-order valence-electron chi connectivity index (χ1n) is 17.2. The lowest BCUT2D eigenvalue weighted by Gasteiger charge is -2.16. The van der Waals surface area contributed by atoms with E-state index >= 15 is 0 Å². The van der Waals surface area contributed by atoms with Gasteiger partial charge < -0.3 is 20.1 Å². The number of nitrogens with one attached hydrogen (secondary N) is 3. The SMILES string of the molecule is CN(C)CCCNc1ccc(C=C2C(=O)NN(c3ccc(I)cc3)C2=O)cc1.O=C(O)COc1ccccc1C=C1C(=O)NN(c2cccc(C(F)(F)F)c2)C1=O. The summed E-state index contributed by atoms with van der Waals surface area (Å²) in [7, 11) is 4.12. The van der Waals surface area contributed by atoms with E-state index in [0.717, 1.165) is 52.5 Å². The molecule has 0 atom stereocenters. The van der Waals surface area contributed by atoms with Gasteiger partial charge in [-0.3, -0.25) is 30.0 Å². The Morgan fingerprint density at radius 2 is 1.44 bits per heavy atom. The van der Waals surface area contributed by atoms with E-state index in [9.17, 15) is 37.1 Å². The van der Waals surface area contributed by atoms with Crippen molar-refractivity contribution < 1.29 is 47.0 Å². The minimum Gasteiger partial charge on any atom is -0.481 e. The average molecular weight is 897 g/mol. The summed E-state index contributed by atoms with van der Waals surface area (Å²) in [4.78, 5) is 62.6. The molecule has 17 heteroatoms. The van der Waals surface area contributed by atoms with Gasteiger partial charge in [-0.2, -0.15) is 13.2 Å². The summed E-state index contributed by atoms with van der Waals surface area (Å²) in [6.45, 7) is 1.30. The molecule has 4 aromatic rings. The van der Waals surface area contributed by atoms with Crippen molar-refractivity contribution in [1.82, 2.24) is 15.8 Å². The largest absolute Gasteiger partial charge is 0.481 e. The molecular weight excluding hydrogens is 860 g/mol.